The van der Waals surface area contributed by atoms with Gasteiger partial charge in [0.05, 0.1) is 13.2 Å². The Bertz CT molecular complexity index is 715. The summed E-state index contributed by atoms with van der Waals surface area (Å²) in [6, 6.07) is 11.6. The van der Waals surface area contributed by atoms with Gasteiger partial charge in [-0.15, -0.1) is 0 Å². The Morgan fingerprint density at radius 3 is 2.65 bits per heavy atom. The SMILES string of the molecule is CCCCCNC(=O)c1cc(N2CCOCC2)nc(-c2ccccc2)n1. The van der Waals surface area contributed by atoms with Crippen LogP contribution in [-0.2, 0) is 4.74 Å². The summed E-state index contributed by atoms with van der Waals surface area (Å²) in [5.74, 6) is 1.21. The normalized spacial score (nSPS) is 14.3. The monoisotopic (exact) mass is 354 g/mol. The van der Waals surface area contributed by atoms with E-state index in [2.05, 4.69) is 22.1 Å². The minimum atomic E-state index is -0.143. The van der Waals surface area contributed by atoms with E-state index < -0.39 is 0 Å². The molecule has 0 radical (unpaired) electrons. The number of rotatable bonds is 7. The fraction of sp³-hybridized carbons (Fsp3) is 0.450. The Morgan fingerprint density at radius 2 is 1.92 bits per heavy atom. The largest absolute Gasteiger partial charge is 0.378 e. The quantitative estimate of drug-likeness (QED) is 0.775. The van der Waals surface area contributed by atoms with E-state index >= 15 is 0 Å². The first kappa shape index (κ1) is 18.3. The number of amides is 1. The number of carbonyl (C=O) groups excluding carboxylic acids is 1. The smallest absolute Gasteiger partial charge is 0.270 e. The summed E-state index contributed by atoms with van der Waals surface area (Å²) >= 11 is 0. The van der Waals surface area contributed by atoms with Gasteiger partial charge in [-0.25, -0.2) is 9.97 Å². The van der Waals surface area contributed by atoms with Gasteiger partial charge in [0.25, 0.3) is 5.91 Å². The molecule has 1 aliphatic rings. The summed E-state index contributed by atoms with van der Waals surface area (Å²) < 4.78 is 5.43. The van der Waals surface area contributed by atoms with Gasteiger partial charge in [-0.05, 0) is 6.42 Å². The maximum atomic E-state index is 12.6. The van der Waals surface area contributed by atoms with Crippen LogP contribution >= 0.6 is 0 Å². The van der Waals surface area contributed by atoms with Crippen LogP contribution in [0.5, 0.6) is 0 Å². The highest BCUT2D eigenvalue weighted by atomic mass is 16.5. The zero-order chi connectivity index (χ0) is 18.2. The number of nitrogens with one attached hydrogen (secondary N) is 1. The summed E-state index contributed by atoms with van der Waals surface area (Å²) in [7, 11) is 0. The third-order valence-electron chi connectivity index (χ3n) is 4.38. The number of ether oxygens (including phenoxy) is 1. The second-order valence-corrected chi connectivity index (χ2v) is 6.36. The van der Waals surface area contributed by atoms with E-state index in [1.165, 1.54) is 0 Å². The van der Waals surface area contributed by atoms with Crippen LogP contribution in [0.1, 0.15) is 36.7 Å². The van der Waals surface area contributed by atoms with Crippen molar-refractivity contribution in [3.8, 4) is 11.4 Å². The molecular formula is C20H26N4O2. The Morgan fingerprint density at radius 1 is 1.15 bits per heavy atom. The predicted octanol–water partition coefficient (Wildman–Crippen LogP) is 2.90. The molecule has 0 saturated carbocycles. The Labute approximate surface area is 154 Å². The molecule has 0 spiro atoms. The number of aromatic nitrogens is 2. The molecule has 6 heteroatoms. The number of morpholine rings is 1. The minimum Gasteiger partial charge on any atom is -0.378 e. The number of hydrogen-bond donors (Lipinski definition) is 1. The molecule has 1 N–H and O–H groups in total. The van der Waals surface area contributed by atoms with Gasteiger partial charge < -0.3 is 15.0 Å². The van der Waals surface area contributed by atoms with Crippen molar-refractivity contribution in [2.45, 2.75) is 26.2 Å². The number of anilines is 1. The number of benzene rings is 1. The maximum Gasteiger partial charge on any atom is 0.270 e. The zero-order valence-electron chi connectivity index (χ0n) is 15.3. The number of nitrogens with zero attached hydrogens (tertiary/aromatic N) is 3. The second-order valence-electron chi connectivity index (χ2n) is 6.36. The van der Waals surface area contributed by atoms with Gasteiger partial charge in [0, 0.05) is 31.3 Å². The molecule has 2 aromatic rings. The Kier molecular flexibility index (Phi) is 6.55. The predicted molar refractivity (Wildman–Crippen MR) is 102 cm³/mol. The summed E-state index contributed by atoms with van der Waals surface area (Å²) in [5, 5.41) is 2.97. The van der Waals surface area contributed by atoms with Crippen molar-refractivity contribution < 1.29 is 9.53 Å². The molecular weight excluding hydrogens is 328 g/mol. The summed E-state index contributed by atoms with van der Waals surface area (Å²) in [5.41, 5.74) is 1.32. The fourth-order valence-corrected chi connectivity index (χ4v) is 2.89. The number of unbranched alkanes of at least 4 members (excludes halogenated alkanes) is 2. The molecule has 1 aromatic carbocycles. The molecule has 1 saturated heterocycles. The van der Waals surface area contributed by atoms with Crippen LogP contribution in [0.3, 0.4) is 0 Å². The van der Waals surface area contributed by atoms with Crippen LogP contribution in [0.4, 0.5) is 5.82 Å². The van der Waals surface area contributed by atoms with Crippen molar-refractivity contribution >= 4 is 11.7 Å². The van der Waals surface area contributed by atoms with Crippen molar-refractivity contribution in [3.63, 3.8) is 0 Å². The average molecular weight is 354 g/mol. The van der Waals surface area contributed by atoms with E-state index in [-0.39, 0.29) is 5.91 Å². The average Bonchev–Trinajstić information content (AvgIpc) is 2.72. The first-order valence-electron chi connectivity index (χ1n) is 9.33. The topological polar surface area (TPSA) is 67.4 Å². The van der Waals surface area contributed by atoms with Crippen LogP contribution in [0.2, 0.25) is 0 Å². The summed E-state index contributed by atoms with van der Waals surface area (Å²) in [4.78, 5) is 23.9. The molecule has 2 heterocycles. The molecule has 0 atom stereocenters. The first-order valence-corrected chi connectivity index (χ1v) is 9.33. The highest BCUT2D eigenvalue weighted by molar-refractivity contribution is 5.93. The van der Waals surface area contributed by atoms with Crippen LogP contribution in [0.15, 0.2) is 36.4 Å². The first-order chi connectivity index (χ1) is 12.8. The van der Waals surface area contributed by atoms with Crippen molar-refractivity contribution in [1.29, 1.82) is 0 Å². The van der Waals surface area contributed by atoms with Crippen LogP contribution in [0, 0.1) is 0 Å². The van der Waals surface area contributed by atoms with Gasteiger partial charge in [-0.3, -0.25) is 4.79 Å². The van der Waals surface area contributed by atoms with Crippen molar-refractivity contribution in [1.82, 2.24) is 15.3 Å². The molecule has 138 valence electrons. The van der Waals surface area contributed by atoms with E-state index in [1.54, 1.807) is 6.07 Å². The lowest BCUT2D eigenvalue weighted by Gasteiger charge is -2.28. The molecule has 1 amide bonds. The van der Waals surface area contributed by atoms with Gasteiger partial charge in [-0.2, -0.15) is 0 Å². The lowest BCUT2D eigenvalue weighted by atomic mass is 10.2. The molecule has 1 aliphatic heterocycles. The molecule has 0 bridgehead atoms. The molecule has 0 unspecified atom stereocenters. The Hall–Kier alpha value is -2.47. The zero-order valence-corrected chi connectivity index (χ0v) is 15.3. The van der Waals surface area contributed by atoms with Crippen molar-refractivity contribution in [2.75, 3.05) is 37.7 Å². The fourth-order valence-electron chi connectivity index (χ4n) is 2.89. The van der Waals surface area contributed by atoms with Gasteiger partial charge in [0.15, 0.2) is 5.82 Å². The third kappa shape index (κ3) is 4.79. The molecule has 26 heavy (non-hydrogen) atoms. The molecule has 6 nitrogen and oxygen atoms in total. The second kappa shape index (κ2) is 9.29. The van der Waals surface area contributed by atoms with E-state index in [1.807, 2.05) is 30.3 Å². The highest BCUT2D eigenvalue weighted by Gasteiger charge is 2.18. The summed E-state index contributed by atoms with van der Waals surface area (Å²) in [6.45, 7) is 5.69. The molecule has 0 aliphatic carbocycles. The van der Waals surface area contributed by atoms with Crippen LogP contribution in [0.25, 0.3) is 11.4 Å². The lowest BCUT2D eigenvalue weighted by Crippen LogP contribution is -2.37. The van der Waals surface area contributed by atoms with E-state index in [0.717, 1.165) is 43.7 Å². The van der Waals surface area contributed by atoms with Crippen LogP contribution in [-0.4, -0.2) is 48.7 Å². The minimum absolute atomic E-state index is 0.143. The third-order valence-corrected chi connectivity index (χ3v) is 4.38. The number of carbonyl (C=O) groups is 1. The van der Waals surface area contributed by atoms with Gasteiger partial charge >= 0.3 is 0 Å². The van der Waals surface area contributed by atoms with Gasteiger partial charge in [0.1, 0.15) is 11.5 Å². The van der Waals surface area contributed by atoms with E-state index in [4.69, 9.17) is 9.72 Å². The molecule has 3 rings (SSSR count). The lowest BCUT2D eigenvalue weighted by molar-refractivity contribution is 0.0948. The summed E-state index contributed by atoms with van der Waals surface area (Å²) in [6.07, 6.45) is 3.22. The Balaban J connectivity index is 1.86. The van der Waals surface area contributed by atoms with Gasteiger partial charge in [-0.1, -0.05) is 50.1 Å². The molecule has 1 fully saturated rings. The maximum absolute atomic E-state index is 12.6. The van der Waals surface area contributed by atoms with Crippen molar-refractivity contribution in [2.24, 2.45) is 0 Å². The van der Waals surface area contributed by atoms with E-state index in [9.17, 15) is 4.79 Å². The highest BCUT2D eigenvalue weighted by Crippen LogP contribution is 2.21. The molecule has 1 aromatic heterocycles. The van der Waals surface area contributed by atoms with Gasteiger partial charge in [0.2, 0.25) is 0 Å². The number of hydrogen-bond acceptors (Lipinski definition) is 5. The van der Waals surface area contributed by atoms with Crippen molar-refractivity contribution in [3.05, 3.63) is 42.1 Å². The van der Waals surface area contributed by atoms with Crippen LogP contribution < -0.4 is 10.2 Å². The standard InChI is InChI=1S/C20H26N4O2/c1-2-3-7-10-21-20(25)17-15-18(24-11-13-26-14-12-24)23-19(22-17)16-8-5-4-6-9-16/h4-6,8-9,15H,2-3,7,10-14H2,1H3,(H,21,25). The van der Waals surface area contributed by atoms with E-state index in [0.29, 0.717) is 31.3 Å².